The molecular weight excluding hydrogens is 284 g/mol. The van der Waals surface area contributed by atoms with E-state index in [4.69, 9.17) is 4.74 Å². The van der Waals surface area contributed by atoms with E-state index in [1.807, 2.05) is 43.0 Å². The summed E-state index contributed by atoms with van der Waals surface area (Å²) in [5, 5.41) is 3.50. The van der Waals surface area contributed by atoms with Crippen molar-refractivity contribution in [1.82, 2.24) is 10.2 Å². The summed E-state index contributed by atoms with van der Waals surface area (Å²) in [7, 11) is 1.67. The lowest BCUT2D eigenvalue weighted by Crippen LogP contribution is -2.43. The third kappa shape index (κ3) is 3.04. The molecule has 1 aromatic rings. The second-order valence-electron chi connectivity index (χ2n) is 5.47. The number of carbonyl (C=O) groups is 1. The highest BCUT2D eigenvalue weighted by Gasteiger charge is 2.47. The third-order valence-electron chi connectivity index (χ3n) is 4.18. The molecule has 1 aliphatic rings. The van der Waals surface area contributed by atoms with Gasteiger partial charge in [-0.05, 0) is 25.7 Å². The van der Waals surface area contributed by atoms with Crippen molar-refractivity contribution < 1.29 is 9.53 Å². The molecule has 1 aliphatic heterocycles. The molecule has 1 amide bonds. The third-order valence-corrected chi connectivity index (χ3v) is 4.77. The van der Waals surface area contributed by atoms with Crippen LogP contribution in [-0.4, -0.2) is 42.0 Å². The summed E-state index contributed by atoms with van der Waals surface area (Å²) in [5.41, 5.74) is 0.524. The lowest BCUT2D eigenvalue weighted by Gasteiger charge is -2.25. The first-order chi connectivity index (χ1) is 10.1. The number of benzene rings is 1. The van der Waals surface area contributed by atoms with Crippen molar-refractivity contribution in [2.75, 3.05) is 25.7 Å². The Labute approximate surface area is 131 Å². The van der Waals surface area contributed by atoms with Crippen LogP contribution in [0.2, 0.25) is 0 Å². The number of hydrogen-bond acceptors (Lipinski definition) is 4. The number of methoxy groups -OCH3 is 1. The number of rotatable bonds is 6. The Balaban J connectivity index is 2.37. The van der Waals surface area contributed by atoms with Crippen LogP contribution in [0.5, 0.6) is 5.75 Å². The zero-order chi connectivity index (χ0) is 15.5. The molecule has 0 aromatic heterocycles. The largest absolute Gasteiger partial charge is 0.496 e. The summed E-state index contributed by atoms with van der Waals surface area (Å²) < 4.78 is 5.46. The molecule has 0 aliphatic carbocycles. The monoisotopic (exact) mass is 308 g/mol. The van der Waals surface area contributed by atoms with Crippen molar-refractivity contribution in [3.63, 3.8) is 0 Å². The minimum absolute atomic E-state index is 0.120. The van der Waals surface area contributed by atoms with Gasteiger partial charge in [-0.25, -0.2) is 0 Å². The molecule has 0 radical (unpaired) electrons. The highest BCUT2D eigenvalue weighted by Crippen LogP contribution is 2.36. The number of para-hydroxylation sites is 1. The van der Waals surface area contributed by atoms with Crippen molar-refractivity contribution in [3.05, 3.63) is 29.8 Å². The van der Waals surface area contributed by atoms with Crippen LogP contribution in [-0.2, 0) is 4.79 Å². The lowest BCUT2D eigenvalue weighted by atomic mass is 9.99. The van der Waals surface area contributed by atoms with Crippen molar-refractivity contribution in [1.29, 1.82) is 0 Å². The molecule has 116 valence electrons. The Bertz CT molecular complexity index is 509. The van der Waals surface area contributed by atoms with E-state index in [1.54, 1.807) is 18.9 Å². The first-order valence-electron chi connectivity index (χ1n) is 7.28. The molecular formula is C16H24N2O2S. The van der Waals surface area contributed by atoms with E-state index in [1.165, 1.54) is 0 Å². The zero-order valence-electron chi connectivity index (χ0n) is 13.2. The molecule has 2 atom stereocenters. The number of amides is 1. The molecule has 4 nitrogen and oxygen atoms in total. The topological polar surface area (TPSA) is 41.6 Å². The van der Waals surface area contributed by atoms with Gasteiger partial charge >= 0.3 is 0 Å². The van der Waals surface area contributed by atoms with E-state index in [2.05, 4.69) is 11.6 Å². The lowest BCUT2D eigenvalue weighted by molar-refractivity contribution is -0.132. The standard InChI is InChI=1S/C16H24N2O2S/c1-5-16(2)15(19)18(10-11-21-4)14(17-16)12-8-6-7-9-13(12)20-3/h6-9,14,17H,5,10-11H2,1-4H3. The molecule has 21 heavy (non-hydrogen) atoms. The fraction of sp³-hybridized carbons (Fsp3) is 0.562. The van der Waals surface area contributed by atoms with Crippen LogP contribution >= 0.6 is 11.8 Å². The van der Waals surface area contributed by atoms with Gasteiger partial charge < -0.3 is 9.64 Å². The van der Waals surface area contributed by atoms with Gasteiger partial charge in [0, 0.05) is 17.9 Å². The second-order valence-corrected chi connectivity index (χ2v) is 6.45. The molecule has 1 fully saturated rings. The Morgan fingerprint density at radius 3 is 2.76 bits per heavy atom. The van der Waals surface area contributed by atoms with E-state index >= 15 is 0 Å². The summed E-state index contributed by atoms with van der Waals surface area (Å²) >= 11 is 1.75. The van der Waals surface area contributed by atoms with Gasteiger partial charge in [-0.2, -0.15) is 11.8 Å². The average molecular weight is 308 g/mol. The van der Waals surface area contributed by atoms with Gasteiger partial charge in [0.1, 0.15) is 11.9 Å². The first kappa shape index (κ1) is 16.2. The summed E-state index contributed by atoms with van der Waals surface area (Å²) in [6.45, 7) is 4.77. The number of ether oxygens (including phenoxy) is 1. The first-order valence-corrected chi connectivity index (χ1v) is 8.67. The molecule has 0 saturated carbocycles. The van der Waals surface area contributed by atoms with E-state index in [0.717, 1.165) is 30.0 Å². The Kier molecular flexibility index (Phi) is 5.17. The van der Waals surface area contributed by atoms with Crippen LogP contribution in [0.25, 0.3) is 0 Å². The minimum atomic E-state index is -0.496. The quantitative estimate of drug-likeness (QED) is 0.877. The maximum absolute atomic E-state index is 12.8. The summed E-state index contributed by atoms with van der Waals surface area (Å²) in [5.74, 6) is 1.92. The van der Waals surface area contributed by atoms with Crippen LogP contribution in [0, 0.1) is 0 Å². The summed E-state index contributed by atoms with van der Waals surface area (Å²) in [6.07, 6.45) is 2.71. The number of hydrogen-bond donors (Lipinski definition) is 1. The van der Waals surface area contributed by atoms with Crippen LogP contribution in [0.4, 0.5) is 0 Å². The van der Waals surface area contributed by atoms with Gasteiger partial charge in [0.25, 0.3) is 0 Å². The Hall–Kier alpha value is -1.20. The fourth-order valence-electron chi connectivity index (χ4n) is 2.69. The van der Waals surface area contributed by atoms with Crippen LogP contribution < -0.4 is 10.1 Å². The van der Waals surface area contributed by atoms with Crippen LogP contribution in [0.3, 0.4) is 0 Å². The van der Waals surface area contributed by atoms with Crippen molar-refractivity contribution in [2.45, 2.75) is 32.0 Å². The van der Waals surface area contributed by atoms with E-state index in [0.29, 0.717) is 0 Å². The highest BCUT2D eigenvalue weighted by molar-refractivity contribution is 7.98. The smallest absolute Gasteiger partial charge is 0.244 e. The Morgan fingerprint density at radius 1 is 1.43 bits per heavy atom. The predicted molar refractivity (Wildman–Crippen MR) is 87.7 cm³/mol. The molecule has 1 aromatic carbocycles. The molecule has 5 heteroatoms. The fourth-order valence-corrected chi connectivity index (χ4v) is 3.07. The maximum Gasteiger partial charge on any atom is 0.244 e. The predicted octanol–water partition coefficient (Wildman–Crippen LogP) is 2.66. The molecule has 1 saturated heterocycles. The summed E-state index contributed by atoms with van der Waals surface area (Å²) in [4.78, 5) is 14.7. The number of nitrogens with one attached hydrogen (secondary N) is 1. The SMILES string of the molecule is CCC1(C)NC(c2ccccc2OC)N(CCSC)C1=O. The average Bonchev–Trinajstić information content (AvgIpc) is 2.77. The van der Waals surface area contributed by atoms with E-state index in [9.17, 15) is 4.79 Å². The molecule has 2 rings (SSSR count). The normalized spacial score (nSPS) is 25.4. The maximum atomic E-state index is 12.8. The van der Waals surface area contributed by atoms with Gasteiger partial charge in [-0.1, -0.05) is 25.1 Å². The van der Waals surface area contributed by atoms with Crippen molar-refractivity contribution >= 4 is 17.7 Å². The van der Waals surface area contributed by atoms with Crippen molar-refractivity contribution in [2.24, 2.45) is 0 Å². The molecule has 1 heterocycles. The van der Waals surface area contributed by atoms with Gasteiger partial charge in [-0.3, -0.25) is 10.1 Å². The second kappa shape index (κ2) is 6.71. The summed E-state index contributed by atoms with van der Waals surface area (Å²) in [6, 6.07) is 7.90. The molecule has 0 bridgehead atoms. The van der Waals surface area contributed by atoms with E-state index in [-0.39, 0.29) is 12.1 Å². The minimum Gasteiger partial charge on any atom is -0.496 e. The number of thioether (sulfide) groups is 1. The molecule has 2 unspecified atom stereocenters. The van der Waals surface area contributed by atoms with Gasteiger partial charge in [0.2, 0.25) is 5.91 Å². The number of nitrogens with zero attached hydrogens (tertiary/aromatic N) is 1. The highest BCUT2D eigenvalue weighted by atomic mass is 32.2. The van der Waals surface area contributed by atoms with Crippen LogP contribution in [0.15, 0.2) is 24.3 Å². The van der Waals surface area contributed by atoms with Crippen molar-refractivity contribution in [3.8, 4) is 5.75 Å². The van der Waals surface area contributed by atoms with Crippen LogP contribution in [0.1, 0.15) is 32.0 Å². The van der Waals surface area contributed by atoms with Gasteiger partial charge in [-0.15, -0.1) is 0 Å². The molecule has 1 N–H and O–H groups in total. The Morgan fingerprint density at radius 2 is 2.14 bits per heavy atom. The van der Waals surface area contributed by atoms with Gasteiger partial charge in [0.15, 0.2) is 0 Å². The number of carbonyl (C=O) groups excluding carboxylic acids is 1. The zero-order valence-corrected chi connectivity index (χ0v) is 14.0. The van der Waals surface area contributed by atoms with E-state index < -0.39 is 5.54 Å². The van der Waals surface area contributed by atoms with Gasteiger partial charge in [0.05, 0.1) is 12.6 Å². The molecule has 0 spiro atoms.